The van der Waals surface area contributed by atoms with Crippen molar-refractivity contribution < 1.29 is 4.79 Å². The van der Waals surface area contributed by atoms with Crippen molar-refractivity contribution in [1.29, 1.82) is 0 Å². The fourth-order valence-electron chi connectivity index (χ4n) is 1.76. The van der Waals surface area contributed by atoms with Crippen molar-refractivity contribution in [3.05, 3.63) is 37.2 Å². The molecule has 6 heteroatoms. The molecule has 2 aromatic rings. The van der Waals surface area contributed by atoms with Gasteiger partial charge in [0.2, 0.25) is 0 Å². The number of rotatable bonds is 4. The normalized spacial score (nSPS) is 10.9. The molecule has 0 N–H and O–H groups in total. The minimum atomic E-state index is 0.0327. The Morgan fingerprint density at radius 2 is 2.33 bits per heavy atom. The van der Waals surface area contributed by atoms with Crippen LogP contribution in [0.2, 0.25) is 5.02 Å². The second-order valence-electron chi connectivity index (χ2n) is 3.86. The Balaban J connectivity index is 2.30. The van der Waals surface area contributed by atoms with E-state index in [1.54, 1.807) is 6.07 Å². The van der Waals surface area contributed by atoms with Crippen molar-refractivity contribution in [2.24, 2.45) is 0 Å². The van der Waals surface area contributed by atoms with Gasteiger partial charge >= 0.3 is 0 Å². The van der Waals surface area contributed by atoms with Crippen LogP contribution in [-0.2, 0) is 13.0 Å². The van der Waals surface area contributed by atoms with E-state index in [-0.39, 0.29) is 5.78 Å². The number of ketones is 1. The van der Waals surface area contributed by atoms with E-state index in [1.165, 1.54) is 11.3 Å². The summed E-state index contributed by atoms with van der Waals surface area (Å²) >= 11 is 10.8. The van der Waals surface area contributed by atoms with Crippen LogP contribution in [0.25, 0.3) is 0 Å². The molecule has 0 fully saturated rings. The molecule has 18 heavy (non-hydrogen) atoms. The van der Waals surface area contributed by atoms with Gasteiger partial charge in [0.15, 0.2) is 5.78 Å². The van der Waals surface area contributed by atoms with Crippen molar-refractivity contribution in [3.8, 4) is 0 Å². The van der Waals surface area contributed by atoms with Gasteiger partial charge in [-0.25, -0.2) is 0 Å². The maximum atomic E-state index is 12.2. The van der Waals surface area contributed by atoms with Crippen LogP contribution >= 0.6 is 38.9 Å². The third-order valence-corrected chi connectivity index (χ3v) is 5.07. The number of nitrogens with zero attached hydrogens (tertiary/aromatic N) is 2. The van der Waals surface area contributed by atoms with Crippen molar-refractivity contribution >= 4 is 44.7 Å². The molecule has 0 bridgehead atoms. The smallest absolute Gasteiger partial charge is 0.180 e. The summed E-state index contributed by atoms with van der Waals surface area (Å²) in [6.07, 6.45) is 0.315. The first kappa shape index (κ1) is 13.8. The average Bonchev–Trinajstić information content (AvgIpc) is 2.87. The second-order valence-corrected chi connectivity index (χ2v) is 5.98. The summed E-state index contributed by atoms with van der Waals surface area (Å²) < 4.78 is 2.75. The summed E-state index contributed by atoms with van der Waals surface area (Å²) in [6, 6.07) is 1.75. The zero-order valence-corrected chi connectivity index (χ0v) is 13.2. The van der Waals surface area contributed by atoms with E-state index in [4.69, 9.17) is 11.6 Å². The van der Waals surface area contributed by atoms with Gasteiger partial charge in [0.25, 0.3) is 0 Å². The van der Waals surface area contributed by atoms with Crippen molar-refractivity contribution in [2.75, 3.05) is 0 Å². The van der Waals surface area contributed by atoms with Crippen LogP contribution in [-0.4, -0.2) is 15.6 Å². The molecule has 0 aliphatic carbocycles. The number of Topliss-reactive ketones (excluding diaryl/α,β-unsaturated/α-hetero) is 1. The number of hydrogen-bond acceptors (Lipinski definition) is 3. The first-order valence-corrected chi connectivity index (χ1v) is 7.57. The Morgan fingerprint density at radius 3 is 2.89 bits per heavy atom. The van der Waals surface area contributed by atoms with E-state index in [0.29, 0.717) is 16.3 Å². The van der Waals surface area contributed by atoms with Gasteiger partial charge in [0, 0.05) is 6.54 Å². The number of thiophene rings is 1. The molecular weight excluding hydrogens is 336 g/mol. The highest BCUT2D eigenvalue weighted by Crippen LogP contribution is 2.27. The first-order valence-electron chi connectivity index (χ1n) is 5.52. The van der Waals surface area contributed by atoms with Gasteiger partial charge < -0.3 is 0 Å². The second kappa shape index (κ2) is 5.55. The topological polar surface area (TPSA) is 34.9 Å². The van der Waals surface area contributed by atoms with Crippen LogP contribution in [0.3, 0.4) is 0 Å². The number of carbonyl (C=O) groups excluding carboxylic acids is 1. The molecule has 2 aromatic heterocycles. The van der Waals surface area contributed by atoms with Crippen LogP contribution in [0.15, 0.2) is 15.9 Å². The molecule has 0 atom stereocenters. The minimum Gasteiger partial charge on any atom is -0.293 e. The van der Waals surface area contributed by atoms with Crippen LogP contribution < -0.4 is 0 Å². The van der Waals surface area contributed by atoms with Crippen LogP contribution in [0.5, 0.6) is 0 Å². The summed E-state index contributed by atoms with van der Waals surface area (Å²) in [5, 5.41) is 6.73. The number of carbonyl (C=O) groups is 1. The molecule has 0 amide bonds. The summed E-state index contributed by atoms with van der Waals surface area (Å²) in [7, 11) is 0. The molecule has 2 heterocycles. The highest BCUT2D eigenvalue weighted by atomic mass is 79.9. The number of aromatic nitrogens is 2. The quantitative estimate of drug-likeness (QED) is 0.780. The fourth-order valence-corrected chi connectivity index (χ4v) is 3.29. The number of aryl methyl sites for hydroxylation is 2. The first-order chi connectivity index (χ1) is 8.54. The van der Waals surface area contributed by atoms with Crippen molar-refractivity contribution in [3.63, 3.8) is 0 Å². The predicted octanol–water partition coefficient (Wildman–Crippen LogP) is 4.11. The number of hydrogen-bond donors (Lipinski definition) is 0. The lowest BCUT2D eigenvalue weighted by molar-refractivity contribution is 0.0994. The van der Waals surface area contributed by atoms with E-state index in [2.05, 4.69) is 21.0 Å². The van der Waals surface area contributed by atoms with Crippen LogP contribution in [0.4, 0.5) is 0 Å². The third-order valence-electron chi connectivity index (χ3n) is 2.65. The molecular formula is C12H12BrClN2OS. The standard InChI is InChI=1S/C12H12BrClN2OS/c1-3-16-9(11(13)7(2)15-16)6-10(17)12-8(14)4-5-18-12/h4-5H,3,6H2,1-2H3. The number of halogens is 2. The highest BCUT2D eigenvalue weighted by molar-refractivity contribution is 9.10. The summed E-state index contributed by atoms with van der Waals surface area (Å²) in [4.78, 5) is 12.8. The monoisotopic (exact) mass is 346 g/mol. The molecule has 96 valence electrons. The van der Waals surface area contributed by atoms with Gasteiger partial charge in [-0.05, 0) is 41.2 Å². The average molecular weight is 348 g/mol. The lowest BCUT2D eigenvalue weighted by Gasteiger charge is -2.04. The predicted molar refractivity (Wildman–Crippen MR) is 77.7 cm³/mol. The van der Waals surface area contributed by atoms with E-state index >= 15 is 0 Å². The minimum absolute atomic E-state index is 0.0327. The van der Waals surface area contributed by atoms with E-state index in [0.717, 1.165) is 22.4 Å². The van der Waals surface area contributed by atoms with Gasteiger partial charge in [-0.3, -0.25) is 9.48 Å². The molecule has 0 aliphatic heterocycles. The Hall–Kier alpha value is -0.650. The molecule has 0 saturated carbocycles. The molecule has 3 nitrogen and oxygen atoms in total. The Morgan fingerprint density at radius 1 is 1.61 bits per heavy atom. The van der Waals surface area contributed by atoms with Crippen molar-refractivity contribution in [1.82, 2.24) is 9.78 Å². The highest BCUT2D eigenvalue weighted by Gasteiger charge is 2.19. The maximum absolute atomic E-state index is 12.2. The summed E-state index contributed by atoms with van der Waals surface area (Å²) in [5.74, 6) is 0.0327. The summed E-state index contributed by atoms with van der Waals surface area (Å²) in [5.41, 5.74) is 1.81. The molecule has 0 radical (unpaired) electrons. The van der Waals surface area contributed by atoms with Gasteiger partial charge in [-0.2, -0.15) is 5.10 Å². The lowest BCUT2D eigenvalue weighted by atomic mass is 10.2. The van der Waals surface area contributed by atoms with Crippen LogP contribution in [0.1, 0.15) is 28.0 Å². The zero-order chi connectivity index (χ0) is 13.3. The molecule has 2 rings (SSSR count). The van der Waals surface area contributed by atoms with E-state index in [9.17, 15) is 4.79 Å². The SMILES string of the molecule is CCn1nc(C)c(Br)c1CC(=O)c1sccc1Cl. The van der Waals surface area contributed by atoms with Gasteiger partial charge in [0.1, 0.15) is 0 Å². The maximum Gasteiger partial charge on any atom is 0.180 e. The largest absolute Gasteiger partial charge is 0.293 e. The van der Waals surface area contributed by atoms with E-state index in [1.807, 2.05) is 23.9 Å². The third kappa shape index (κ3) is 2.53. The Bertz CT molecular complexity index is 591. The van der Waals surface area contributed by atoms with Gasteiger partial charge in [-0.15, -0.1) is 11.3 Å². The Kier molecular flexibility index (Phi) is 4.25. The van der Waals surface area contributed by atoms with E-state index < -0.39 is 0 Å². The molecule has 0 aliphatic rings. The van der Waals surface area contributed by atoms with Gasteiger partial charge in [-0.1, -0.05) is 11.6 Å². The molecule has 0 aromatic carbocycles. The lowest BCUT2D eigenvalue weighted by Crippen LogP contribution is -2.09. The molecule has 0 spiro atoms. The molecule has 0 unspecified atom stereocenters. The Labute approximate surface area is 123 Å². The van der Waals surface area contributed by atoms with Crippen molar-refractivity contribution in [2.45, 2.75) is 26.8 Å². The molecule has 0 saturated heterocycles. The van der Waals surface area contributed by atoms with Gasteiger partial charge in [0.05, 0.1) is 32.2 Å². The summed E-state index contributed by atoms with van der Waals surface area (Å²) in [6.45, 7) is 4.67. The fraction of sp³-hybridized carbons (Fsp3) is 0.333. The zero-order valence-electron chi connectivity index (χ0n) is 10.0. The van der Waals surface area contributed by atoms with Crippen LogP contribution in [0, 0.1) is 6.92 Å².